The molecule has 4 nitrogen and oxygen atoms in total. The Balaban J connectivity index is 1.55. The molecule has 0 atom stereocenters. The van der Waals surface area contributed by atoms with E-state index in [0.717, 1.165) is 55.4 Å². The second-order valence-corrected chi connectivity index (χ2v) is 6.91. The Morgan fingerprint density at radius 1 is 1.08 bits per heavy atom. The van der Waals surface area contributed by atoms with Crippen molar-refractivity contribution in [3.8, 4) is 0 Å². The standard InChI is InChI=1S/C21H25N3O/c1-2-11-24-16-19(18-7-3-4-8-20(18)24)21(25)23-14-9-17(10-15-23)22-12-5-6-13-22/h3-8,12-13,16-17H,2,9-11,14-15H2,1H3. The van der Waals surface area contributed by atoms with Gasteiger partial charge in [-0.3, -0.25) is 4.79 Å². The molecule has 4 rings (SSSR count). The summed E-state index contributed by atoms with van der Waals surface area (Å²) in [5.74, 6) is 0.178. The number of hydrogen-bond donors (Lipinski definition) is 0. The average molecular weight is 335 g/mol. The van der Waals surface area contributed by atoms with Crippen LogP contribution in [0.1, 0.15) is 42.6 Å². The molecule has 1 aromatic carbocycles. The van der Waals surface area contributed by atoms with Gasteiger partial charge in [-0.15, -0.1) is 0 Å². The topological polar surface area (TPSA) is 30.2 Å². The Kier molecular flexibility index (Phi) is 4.35. The van der Waals surface area contributed by atoms with Crippen molar-refractivity contribution in [1.82, 2.24) is 14.0 Å². The number of fused-ring (bicyclic) bond motifs is 1. The van der Waals surface area contributed by atoms with Gasteiger partial charge >= 0.3 is 0 Å². The van der Waals surface area contributed by atoms with Crippen molar-refractivity contribution in [2.75, 3.05) is 13.1 Å². The molecule has 0 aliphatic carbocycles. The van der Waals surface area contributed by atoms with Gasteiger partial charge in [0.05, 0.1) is 5.56 Å². The summed E-state index contributed by atoms with van der Waals surface area (Å²) in [4.78, 5) is 15.2. The first-order valence-electron chi connectivity index (χ1n) is 9.27. The first kappa shape index (κ1) is 16.0. The Labute approximate surface area is 148 Å². The van der Waals surface area contributed by atoms with E-state index in [2.05, 4.69) is 58.9 Å². The van der Waals surface area contributed by atoms with Crippen LogP contribution in [0.2, 0.25) is 0 Å². The minimum absolute atomic E-state index is 0.178. The normalized spacial score (nSPS) is 15.8. The lowest BCUT2D eigenvalue weighted by molar-refractivity contribution is 0.0696. The van der Waals surface area contributed by atoms with Crippen molar-refractivity contribution in [3.63, 3.8) is 0 Å². The molecule has 0 saturated carbocycles. The fraction of sp³-hybridized carbons (Fsp3) is 0.381. The Bertz CT molecular complexity index is 855. The van der Waals surface area contributed by atoms with Crippen molar-refractivity contribution >= 4 is 16.8 Å². The number of carbonyl (C=O) groups is 1. The largest absolute Gasteiger partial charge is 0.351 e. The maximum absolute atomic E-state index is 13.1. The van der Waals surface area contributed by atoms with Crippen LogP contribution in [-0.4, -0.2) is 33.0 Å². The number of benzene rings is 1. The van der Waals surface area contributed by atoms with Crippen molar-refractivity contribution in [1.29, 1.82) is 0 Å². The number of carbonyl (C=O) groups excluding carboxylic acids is 1. The van der Waals surface area contributed by atoms with Crippen LogP contribution in [0.25, 0.3) is 10.9 Å². The van der Waals surface area contributed by atoms with Gasteiger partial charge in [0.15, 0.2) is 0 Å². The lowest BCUT2D eigenvalue weighted by Gasteiger charge is -2.32. The number of likely N-dealkylation sites (tertiary alicyclic amines) is 1. The molecule has 3 heterocycles. The zero-order chi connectivity index (χ0) is 17.2. The predicted molar refractivity (Wildman–Crippen MR) is 101 cm³/mol. The van der Waals surface area contributed by atoms with Gasteiger partial charge in [0.2, 0.25) is 0 Å². The number of nitrogens with zero attached hydrogens (tertiary/aromatic N) is 3. The average Bonchev–Trinajstić information content (AvgIpc) is 3.31. The maximum Gasteiger partial charge on any atom is 0.256 e. The van der Waals surface area contributed by atoms with E-state index in [1.54, 1.807) is 0 Å². The molecule has 0 spiro atoms. The molecular formula is C21H25N3O. The molecule has 0 radical (unpaired) electrons. The molecule has 2 aromatic heterocycles. The third-order valence-electron chi connectivity index (χ3n) is 5.28. The summed E-state index contributed by atoms with van der Waals surface area (Å²) in [6.07, 6.45) is 9.41. The zero-order valence-electron chi connectivity index (χ0n) is 14.8. The van der Waals surface area contributed by atoms with Gasteiger partial charge < -0.3 is 14.0 Å². The van der Waals surface area contributed by atoms with Gasteiger partial charge in [0.25, 0.3) is 5.91 Å². The smallest absolute Gasteiger partial charge is 0.256 e. The molecule has 0 bridgehead atoms. The highest BCUT2D eigenvalue weighted by Crippen LogP contribution is 2.27. The van der Waals surface area contributed by atoms with E-state index in [1.165, 1.54) is 0 Å². The van der Waals surface area contributed by atoms with Crippen LogP contribution >= 0.6 is 0 Å². The summed E-state index contributed by atoms with van der Waals surface area (Å²) >= 11 is 0. The Morgan fingerprint density at radius 2 is 1.80 bits per heavy atom. The van der Waals surface area contributed by atoms with Gasteiger partial charge in [-0.25, -0.2) is 0 Å². The van der Waals surface area contributed by atoms with Crippen LogP contribution in [0.5, 0.6) is 0 Å². The minimum Gasteiger partial charge on any atom is -0.351 e. The highest BCUT2D eigenvalue weighted by Gasteiger charge is 2.26. The fourth-order valence-corrected chi connectivity index (χ4v) is 3.97. The van der Waals surface area contributed by atoms with Crippen LogP contribution in [0.4, 0.5) is 0 Å². The van der Waals surface area contributed by atoms with E-state index in [-0.39, 0.29) is 5.91 Å². The third kappa shape index (κ3) is 2.97. The zero-order valence-corrected chi connectivity index (χ0v) is 14.8. The molecule has 130 valence electrons. The van der Waals surface area contributed by atoms with Gasteiger partial charge in [0.1, 0.15) is 0 Å². The molecule has 1 saturated heterocycles. The molecule has 1 aliphatic rings. The SMILES string of the molecule is CCCn1cc(C(=O)N2CCC(n3cccc3)CC2)c2ccccc21. The van der Waals surface area contributed by atoms with Crippen LogP contribution in [-0.2, 0) is 6.54 Å². The van der Waals surface area contributed by atoms with Crippen LogP contribution in [0.3, 0.4) is 0 Å². The molecule has 3 aromatic rings. The first-order chi connectivity index (χ1) is 12.3. The summed E-state index contributed by atoms with van der Waals surface area (Å²) in [5, 5.41) is 1.08. The third-order valence-corrected chi connectivity index (χ3v) is 5.28. The molecule has 25 heavy (non-hydrogen) atoms. The number of hydrogen-bond acceptors (Lipinski definition) is 1. The van der Waals surface area contributed by atoms with Gasteiger partial charge in [-0.2, -0.15) is 0 Å². The number of amides is 1. The van der Waals surface area contributed by atoms with E-state index in [0.29, 0.717) is 6.04 Å². The number of rotatable bonds is 4. The summed E-state index contributed by atoms with van der Waals surface area (Å²) in [5.41, 5.74) is 2.01. The number of para-hydroxylation sites is 1. The second kappa shape index (κ2) is 6.79. The second-order valence-electron chi connectivity index (χ2n) is 6.91. The predicted octanol–water partition coefficient (Wildman–Crippen LogP) is 4.33. The van der Waals surface area contributed by atoms with E-state index >= 15 is 0 Å². The summed E-state index contributed by atoms with van der Waals surface area (Å²) in [6, 6.07) is 12.9. The van der Waals surface area contributed by atoms with Crippen LogP contribution in [0, 0.1) is 0 Å². The summed E-state index contributed by atoms with van der Waals surface area (Å²) in [6.45, 7) is 4.77. The van der Waals surface area contributed by atoms with Crippen molar-refractivity contribution in [2.24, 2.45) is 0 Å². The number of aromatic nitrogens is 2. The molecule has 0 N–H and O–H groups in total. The Morgan fingerprint density at radius 3 is 2.52 bits per heavy atom. The lowest BCUT2D eigenvalue weighted by atomic mass is 10.0. The molecule has 1 fully saturated rings. The lowest BCUT2D eigenvalue weighted by Crippen LogP contribution is -2.38. The monoisotopic (exact) mass is 335 g/mol. The Hall–Kier alpha value is -2.49. The van der Waals surface area contributed by atoms with Crippen molar-refractivity contribution < 1.29 is 4.79 Å². The summed E-state index contributed by atoms with van der Waals surface area (Å²) < 4.78 is 4.49. The molecule has 1 aliphatic heterocycles. The fourth-order valence-electron chi connectivity index (χ4n) is 3.97. The van der Waals surface area contributed by atoms with Crippen LogP contribution < -0.4 is 0 Å². The minimum atomic E-state index is 0.178. The van der Waals surface area contributed by atoms with Crippen molar-refractivity contribution in [3.05, 3.63) is 60.6 Å². The van der Waals surface area contributed by atoms with E-state index < -0.39 is 0 Å². The maximum atomic E-state index is 13.1. The van der Waals surface area contributed by atoms with Gasteiger partial charge in [-0.05, 0) is 37.5 Å². The van der Waals surface area contributed by atoms with Crippen LogP contribution in [0.15, 0.2) is 55.0 Å². The van der Waals surface area contributed by atoms with E-state index in [9.17, 15) is 4.79 Å². The number of aryl methyl sites for hydroxylation is 1. The first-order valence-corrected chi connectivity index (χ1v) is 9.27. The van der Waals surface area contributed by atoms with Crippen molar-refractivity contribution in [2.45, 2.75) is 38.8 Å². The number of piperidine rings is 1. The van der Waals surface area contributed by atoms with E-state index in [4.69, 9.17) is 0 Å². The van der Waals surface area contributed by atoms with Gasteiger partial charge in [0, 0.05) is 55.2 Å². The summed E-state index contributed by atoms with van der Waals surface area (Å²) in [7, 11) is 0. The van der Waals surface area contributed by atoms with E-state index in [1.807, 2.05) is 17.0 Å². The molecule has 0 unspecified atom stereocenters. The van der Waals surface area contributed by atoms with Gasteiger partial charge in [-0.1, -0.05) is 25.1 Å². The molecule has 1 amide bonds. The highest BCUT2D eigenvalue weighted by atomic mass is 16.2. The molecule has 4 heteroatoms. The highest BCUT2D eigenvalue weighted by molar-refractivity contribution is 6.07. The molecular weight excluding hydrogens is 310 g/mol. The quantitative estimate of drug-likeness (QED) is 0.698.